The van der Waals surface area contributed by atoms with Crippen LogP contribution in [0.3, 0.4) is 0 Å². The van der Waals surface area contributed by atoms with Gasteiger partial charge in [0.05, 0.1) is 0 Å². The van der Waals surface area contributed by atoms with Crippen LogP contribution in [0.2, 0.25) is 0 Å². The fourth-order valence-corrected chi connectivity index (χ4v) is 3.50. The van der Waals surface area contributed by atoms with Crippen LogP contribution >= 0.6 is 15.9 Å². The number of hydrogen-bond acceptors (Lipinski definition) is 1. The van der Waals surface area contributed by atoms with Crippen LogP contribution in [-0.2, 0) is 0 Å². The highest BCUT2D eigenvalue weighted by molar-refractivity contribution is 9.10. The fourth-order valence-electron chi connectivity index (χ4n) is 3.07. The lowest BCUT2D eigenvalue weighted by Crippen LogP contribution is -2.34. The Labute approximate surface area is 130 Å². The van der Waals surface area contributed by atoms with E-state index in [1.807, 2.05) is 16.8 Å². The van der Waals surface area contributed by atoms with E-state index in [0.29, 0.717) is 5.92 Å². The second kappa shape index (κ2) is 6.79. The molecule has 20 heavy (non-hydrogen) atoms. The third-order valence-corrected chi connectivity index (χ3v) is 4.85. The number of halogens is 1. The number of aromatic nitrogens is 1. The van der Waals surface area contributed by atoms with Crippen LogP contribution in [0.25, 0.3) is 0 Å². The van der Waals surface area contributed by atoms with Crippen molar-refractivity contribution in [3.05, 3.63) is 22.4 Å². The van der Waals surface area contributed by atoms with Crippen LogP contribution < -0.4 is 5.32 Å². The molecule has 1 N–H and O–H groups in total. The second-order valence-corrected chi connectivity index (χ2v) is 7.19. The Bertz CT molecular complexity index is 467. The van der Waals surface area contributed by atoms with Crippen molar-refractivity contribution in [3.63, 3.8) is 0 Å². The summed E-state index contributed by atoms with van der Waals surface area (Å²) in [6.07, 6.45) is 7.17. The van der Waals surface area contributed by atoms with Crippen LogP contribution in [-0.4, -0.2) is 17.0 Å². The fraction of sp³-hybridized carbons (Fsp3) is 0.688. The number of nitrogens with zero attached hydrogens (tertiary/aromatic N) is 1. The second-order valence-electron chi connectivity index (χ2n) is 6.28. The van der Waals surface area contributed by atoms with Gasteiger partial charge in [-0.2, -0.15) is 0 Å². The Balaban J connectivity index is 1.98. The van der Waals surface area contributed by atoms with E-state index in [9.17, 15) is 4.79 Å². The summed E-state index contributed by atoms with van der Waals surface area (Å²) in [7, 11) is 0. The summed E-state index contributed by atoms with van der Waals surface area (Å²) in [4.78, 5) is 12.4. The lowest BCUT2D eigenvalue weighted by Gasteiger charge is -2.28. The van der Waals surface area contributed by atoms with Gasteiger partial charge in [-0.3, -0.25) is 4.79 Å². The minimum absolute atomic E-state index is 0.0437. The van der Waals surface area contributed by atoms with Gasteiger partial charge in [0.15, 0.2) is 0 Å². The lowest BCUT2D eigenvalue weighted by atomic mass is 9.80. The van der Waals surface area contributed by atoms with Crippen molar-refractivity contribution in [2.24, 2.45) is 11.8 Å². The lowest BCUT2D eigenvalue weighted by molar-refractivity contribution is 0.0925. The van der Waals surface area contributed by atoms with Crippen LogP contribution in [0, 0.1) is 11.8 Å². The molecule has 0 saturated heterocycles. The Morgan fingerprint density at radius 3 is 2.80 bits per heavy atom. The van der Waals surface area contributed by atoms with Gasteiger partial charge < -0.3 is 9.88 Å². The Morgan fingerprint density at radius 1 is 1.45 bits per heavy atom. The van der Waals surface area contributed by atoms with Gasteiger partial charge in [-0.15, -0.1) is 0 Å². The molecule has 1 heterocycles. The molecule has 112 valence electrons. The number of hydrogen-bond donors (Lipinski definition) is 1. The van der Waals surface area contributed by atoms with Gasteiger partial charge in [-0.25, -0.2) is 0 Å². The molecule has 1 aliphatic rings. The van der Waals surface area contributed by atoms with Crippen molar-refractivity contribution in [3.8, 4) is 0 Å². The molecular formula is C16H25BrN2O. The highest BCUT2D eigenvalue weighted by Crippen LogP contribution is 2.29. The molecule has 2 unspecified atom stereocenters. The van der Waals surface area contributed by atoms with E-state index >= 15 is 0 Å². The first-order valence-electron chi connectivity index (χ1n) is 7.64. The first-order chi connectivity index (χ1) is 9.49. The molecule has 4 heteroatoms. The van der Waals surface area contributed by atoms with Crippen molar-refractivity contribution < 1.29 is 4.79 Å². The van der Waals surface area contributed by atoms with Crippen molar-refractivity contribution >= 4 is 21.8 Å². The predicted molar refractivity (Wildman–Crippen MR) is 86.0 cm³/mol. The molecule has 2 rings (SSSR count). The summed E-state index contributed by atoms with van der Waals surface area (Å²) in [5.74, 6) is 1.41. The normalized spacial score (nSPS) is 23.1. The summed E-state index contributed by atoms with van der Waals surface area (Å²) in [6, 6.07) is 2.19. The van der Waals surface area contributed by atoms with Gasteiger partial charge in [0.25, 0.3) is 5.91 Å². The molecule has 1 fully saturated rings. The SMILES string of the molecule is CC1CCCCC1CNC(=O)c1cc(Br)cn1C(C)C. The van der Waals surface area contributed by atoms with Gasteiger partial charge in [-0.1, -0.05) is 26.2 Å². The summed E-state index contributed by atoms with van der Waals surface area (Å²) < 4.78 is 2.98. The monoisotopic (exact) mass is 340 g/mol. The molecule has 1 saturated carbocycles. The number of amides is 1. The number of carbonyl (C=O) groups is 1. The first kappa shape index (κ1) is 15.6. The highest BCUT2D eigenvalue weighted by atomic mass is 79.9. The van der Waals surface area contributed by atoms with E-state index in [1.165, 1.54) is 25.7 Å². The molecule has 0 bridgehead atoms. The zero-order chi connectivity index (χ0) is 14.7. The molecule has 1 aromatic rings. The van der Waals surface area contributed by atoms with Crippen LogP contribution in [0.15, 0.2) is 16.7 Å². The summed E-state index contributed by atoms with van der Waals surface area (Å²) >= 11 is 3.46. The maximum Gasteiger partial charge on any atom is 0.267 e. The third-order valence-electron chi connectivity index (χ3n) is 4.42. The number of carbonyl (C=O) groups excluding carboxylic acids is 1. The van der Waals surface area contributed by atoms with E-state index in [-0.39, 0.29) is 11.9 Å². The first-order valence-corrected chi connectivity index (χ1v) is 8.44. The quantitative estimate of drug-likeness (QED) is 0.866. The predicted octanol–water partition coefficient (Wildman–Crippen LogP) is 4.39. The Hall–Kier alpha value is -0.770. The van der Waals surface area contributed by atoms with E-state index in [2.05, 4.69) is 42.0 Å². The average molecular weight is 341 g/mol. The van der Waals surface area contributed by atoms with Gasteiger partial charge in [0, 0.05) is 23.3 Å². The van der Waals surface area contributed by atoms with E-state index in [1.54, 1.807) is 0 Å². The van der Waals surface area contributed by atoms with Crippen molar-refractivity contribution in [2.75, 3.05) is 6.54 Å². The molecular weight excluding hydrogens is 316 g/mol. The smallest absolute Gasteiger partial charge is 0.267 e. The van der Waals surface area contributed by atoms with Gasteiger partial charge in [-0.05, 0) is 54.1 Å². The van der Waals surface area contributed by atoms with Gasteiger partial charge >= 0.3 is 0 Å². The third kappa shape index (κ3) is 3.66. The van der Waals surface area contributed by atoms with E-state index < -0.39 is 0 Å². The summed E-state index contributed by atoms with van der Waals surface area (Å²) in [5.41, 5.74) is 0.746. The maximum atomic E-state index is 12.4. The highest BCUT2D eigenvalue weighted by Gasteiger charge is 2.22. The van der Waals surface area contributed by atoms with Crippen LogP contribution in [0.1, 0.15) is 63.0 Å². The largest absolute Gasteiger partial charge is 0.350 e. The molecule has 1 amide bonds. The topological polar surface area (TPSA) is 34.0 Å². The molecule has 0 spiro atoms. The van der Waals surface area contributed by atoms with Crippen LogP contribution in [0.5, 0.6) is 0 Å². The van der Waals surface area contributed by atoms with Gasteiger partial charge in [0.2, 0.25) is 0 Å². The van der Waals surface area contributed by atoms with E-state index in [0.717, 1.165) is 22.6 Å². The molecule has 1 aliphatic carbocycles. The average Bonchev–Trinajstić information content (AvgIpc) is 2.80. The van der Waals surface area contributed by atoms with Gasteiger partial charge in [0.1, 0.15) is 5.69 Å². The van der Waals surface area contributed by atoms with Crippen molar-refractivity contribution in [1.29, 1.82) is 0 Å². The minimum Gasteiger partial charge on any atom is -0.350 e. The van der Waals surface area contributed by atoms with Crippen molar-refractivity contribution in [1.82, 2.24) is 9.88 Å². The standard InChI is InChI=1S/C16H25BrN2O/c1-11(2)19-10-14(17)8-15(19)16(20)18-9-13-7-5-4-6-12(13)3/h8,10-13H,4-7,9H2,1-3H3,(H,18,20). The van der Waals surface area contributed by atoms with E-state index in [4.69, 9.17) is 0 Å². The summed E-state index contributed by atoms with van der Waals surface area (Å²) in [6.45, 7) is 7.29. The Morgan fingerprint density at radius 2 is 2.15 bits per heavy atom. The molecule has 3 nitrogen and oxygen atoms in total. The van der Waals surface area contributed by atoms with Crippen LogP contribution in [0.4, 0.5) is 0 Å². The molecule has 0 aliphatic heterocycles. The molecule has 0 aromatic carbocycles. The Kier molecular flexibility index (Phi) is 5.30. The molecule has 0 radical (unpaired) electrons. The minimum atomic E-state index is 0.0437. The zero-order valence-electron chi connectivity index (χ0n) is 12.7. The number of rotatable bonds is 4. The molecule has 2 atom stereocenters. The van der Waals surface area contributed by atoms with Crippen molar-refractivity contribution in [2.45, 2.75) is 52.5 Å². The maximum absolute atomic E-state index is 12.4. The summed E-state index contributed by atoms with van der Waals surface area (Å²) in [5, 5.41) is 3.13. The number of nitrogens with one attached hydrogen (secondary N) is 1. The zero-order valence-corrected chi connectivity index (χ0v) is 14.2. The molecule has 1 aromatic heterocycles.